The van der Waals surface area contributed by atoms with Crippen molar-refractivity contribution in [3.63, 3.8) is 0 Å². The van der Waals surface area contributed by atoms with Crippen LogP contribution in [0.5, 0.6) is 0 Å². The second-order valence-electron chi connectivity index (χ2n) is 5.24. The molecule has 1 atom stereocenters. The number of amides is 1. The quantitative estimate of drug-likeness (QED) is 0.843. The zero-order valence-corrected chi connectivity index (χ0v) is 11.9. The number of esters is 1. The predicted octanol–water partition coefficient (Wildman–Crippen LogP) is 1.29. The van der Waals surface area contributed by atoms with Crippen LogP contribution in [0.25, 0.3) is 0 Å². The van der Waals surface area contributed by atoms with E-state index in [1.807, 2.05) is 6.92 Å². The first kappa shape index (κ1) is 14.6. The van der Waals surface area contributed by atoms with Crippen LogP contribution in [0.3, 0.4) is 0 Å². The molecule has 1 N–H and O–H groups in total. The average molecular weight is 279 g/mol. The number of carbonyl (C=O) groups is 2. The van der Waals surface area contributed by atoms with E-state index in [-0.39, 0.29) is 29.9 Å². The summed E-state index contributed by atoms with van der Waals surface area (Å²) in [4.78, 5) is 23.6. The minimum atomic E-state index is -0.316. The van der Waals surface area contributed by atoms with Crippen molar-refractivity contribution >= 4 is 11.9 Å². The van der Waals surface area contributed by atoms with Crippen molar-refractivity contribution in [2.24, 2.45) is 5.92 Å². The lowest BCUT2D eigenvalue weighted by atomic mass is 9.86. The van der Waals surface area contributed by atoms with Gasteiger partial charge in [0.2, 0.25) is 5.91 Å². The van der Waals surface area contributed by atoms with Gasteiger partial charge >= 0.3 is 5.97 Å². The van der Waals surface area contributed by atoms with Gasteiger partial charge in [-0.05, 0) is 38.7 Å². The van der Waals surface area contributed by atoms with Gasteiger partial charge < -0.3 is 10.1 Å². The monoisotopic (exact) mass is 279 g/mol. The number of ether oxygens (including phenoxy) is 1. The smallest absolute Gasteiger partial charge is 0.308 e. The van der Waals surface area contributed by atoms with Crippen LogP contribution in [-0.2, 0) is 14.3 Å². The molecular weight excluding hydrogens is 258 g/mol. The SMILES string of the molecule is COC(=O)C1CCC(NC(=O)C(C)n2cccn2)CC1. The number of hydrogen-bond donors (Lipinski definition) is 1. The van der Waals surface area contributed by atoms with Gasteiger partial charge in [0, 0.05) is 18.4 Å². The third-order valence-electron chi connectivity index (χ3n) is 3.91. The molecule has 6 heteroatoms. The number of hydrogen-bond acceptors (Lipinski definition) is 4. The Bertz CT molecular complexity index is 450. The van der Waals surface area contributed by atoms with Crippen molar-refractivity contribution in [3.8, 4) is 0 Å². The summed E-state index contributed by atoms with van der Waals surface area (Å²) in [6.45, 7) is 1.82. The molecule has 1 amide bonds. The zero-order valence-electron chi connectivity index (χ0n) is 11.9. The third-order valence-corrected chi connectivity index (χ3v) is 3.91. The number of nitrogens with one attached hydrogen (secondary N) is 1. The molecule has 1 aliphatic rings. The molecule has 1 aromatic rings. The van der Waals surface area contributed by atoms with Gasteiger partial charge in [-0.2, -0.15) is 5.10 Å². The van der Waals surface area contributed by atoms with Crippen molar-refractivity contribution in [3.05, 3.63) is 18.5 Å². The molecule has 0 radical (unpaired) electrons. The molecule has 1 aliphatic carbocycles. The largest absolute Gasteiger partial charge is 0.469 e. The summed E-state index contributed by atoms with van der Waals surface area (Å²) >= 11 is 0. The maximum absolute atomic E-state index is 12.1. The van der Waals surface area contributed by atoms with Gasteiger partial charge in [-0.3, -0.25) is 14.3 Å². The molecular formula is C14H21N3O3. The summed E-state index contributed by atoms with van der Waals surface area (Å²) in [5.74, 6) is -0.188. The van der Waals surface area contributed by atoms with Crippen LogP contribution in [0.15, 0.2) is 18.5 Å². The average Bonchev–Trinajstić information content (AvgIpc) is 3.00. The lowest BCUT2D eigenvalue weighted by molar-refractivity contribution is -0.146. The van der Waals surface area contributed by atoms with Crippen LogP contribution in [0, 0.1) is 5.92 Å². The van der Waals surface area contributed by atoms with Gasteiger partial charge in [0.25, 0.3) is 0 Å². The third kappa shape index (κ3) is 3.37. The number of aromatic nitrogens is 2. The van der Waals surface area contributed by atoms with Crippen LogP contribution in [0.1, 0.15) is 38.6 Å². The van der Waals surface area contributed by atoms with E-state index >= 15 is 0 Å². The Kier molecular flexibility index (Phi) is 4.76. The van der Waals surface area contributed by atoms with Crippen LogP contribution < -0.4 is 5.32 Å². The van der Waals surface area contributed by atoms with E-state index in [0.717, 1.165) is 25.7 Å². The van der Waals surface area contributed by atoms with Gasteiger partial charge in [-0.1, -0.05) is 0 Å². The topological polar surface area (TPSA) is 73.2 Å². The fourth-order valence-corrected chi connectivity index (χ4v) is 2.59. The van der Waals surface area contributed by atoms with E-state index in [4.69, 9.17) is 4.74 Å². The highest BCUT2D eigenvalue weighted by atomic mass is 16.5. The molecule has 0 spiro atoms. The molecule has 1 fully saturated rings. The standard InChI is InChI=1S/C14H21N3O3/c1-10(17-9-3-8-15-17)13(18)16-12-6-4-11(5-7-12)14(19)20-2/h3,8-12H,4-7H2,1-2H3,(H,16,18). The van der Waals surface area contributed by atoms with Crippen LogP contribution in [-0.4, -0.2) is 34.8 Å². The lowest BCUT2D eigenvalue weighted by Gasteiger charge is -2.28. The number of methoxy groups -OCH3 is 1. The molecule has 1 heterocycles. The molecule has 6 nitrogen and oxygen atoms in total. The summed E-state index contributed by atoms with van der Waals surface area (Å²) in [7, 11) is 1.42. The fourth-order valence-electron chi connectivity index (χ4n) is 2.59. The van der Waals surface area contributed by atoms with E-state index < -0.39 is 0 Å². The molecule has 1 saturated carbocycles. The molecule has 0 aromatic carbocycles. The van der Waals surface area contributed by atoms with Crippen LogP contribution in [0.4, 0.5) is 0 Å². The van der Waals surface area contributed by atoms with Gasteiger partial charge in [-0.15, -0.1) is 0 Å². The first-order valence-electron chi connectivity index (χ1n) is 6.99. The van der Waals surface area contributed by atoms with Gasteiger partial charge in [0.15, 0.2) is 0 Å². The van der Waals surface area contributed by atoms with Crippen molar-refractivity contribution in [2.45, 2.75) is 44.7 Å². The Hall–Kier alpha value is -1.85. The Morgan fingerprint density at radius 2 is 2.05 bits per heavy atom. The summed E-state index contributed by atoms with van der Waals surface area (Å²) < 4.78 is 6.39. The van der Waals surface area contributed by atoms with E-state index in [9.17, 15) is 9.59 Å². The fraction of sp³-hybridized carbons (Fsp3) is 0.643. The highest BCUT2D eigenvalue weighted by Gasteiger charge is 2.28. The van der Waals surface area contributed by atoms with Crippen molar-refractivity contribution in [1.82, 2.24) is 15.1 Å². The van der Waals surface area contributed by atoms with Crippen molar-refractivity contribution < 1.29 is 14.3 Å². The van der Waals surface area contributed by atoms with Crippen LogP contribution >= 0.6 is 0 Å². The highest BCUT2D eigenvalue weighted by molar-refractivity contribution is 5.80. The molecule has 1 unspecified atom stereocenters. The number of rotatable bonds is 4. The normalized spacial score (nSPS) is 23.9. The van der Waals surface area contributed by atoms with Crippen LogP contribution in [0.2, 0.25) is 0 Å². The molecule has 20 heavy (non-hydrogen) atoms. The number of carbonyl (C=O) groups excluding carboxylic acids is 2. The maximum Gasteiger partial charge on any atom is 0.308 e. The first-order valence-corrected chi connectivity index (χ1v) is 6.99. The second-order valence-corrected chi connectivity index (χ2v) is 5.24. The van der Waals surface area contributed by atoms with E-state index in [0.29, 0.717) is 0 Å². The molecule has 110 valence electrons. The summed E-state index contributed by atoms with van der Waals surface area (Å²) in [5.41, 5.74) is 0. The Morgan fingerprint density at radius 1 is 1.35 bits per heavy atom. The van der Waals surface area contributed by atoms with E-state index in [1.54, 1.807) is 23.1 Å². The van der Waals surface area contributed by atoms with E-state index in [1.165, 1.54) is 7.11 Å². The summed E-state index contributed by atoms with van der Waals surface area (Å²) in [6.07, 6.45) is 6.61. The summed E-state index contributed by atoms with van der Waals surface area (Å²) in [6, 6.07) is 1.62. The first-order chi connectivity index (χ1) is 9.61. The predicted molar refractivity (Wildman–Crippen MR) is 72.8 cm³/mol. The lowest BCUT2D eigenvalue weighted by Crippen LogP contribution is -2.41. The maximum atomic E-state index is 12.1. The summed E-state index contributed by atoms with van der Waals surface area (Å²) in [5, 5.41) is 7.10. The van der Waals surface area contributed by atoms with Gasteiger partial charge in [0.1, 0.15) is 6.04 Å². The van der Waals surface area contributed by atoms with E-state index in [2.05, 4.69) is 10.4 Å². The highest BCUT2D eigenvalue weighted by Crippen LogP contribution is 2.25. The minimum absolute atomic E-state index is 0.0170. The molecule has 1 aromatic heterocycles. The minimum Gasteiger partial charge on any atom is -0.469 e. The molecule has 0 aliphatic heterocycles. The molecule has 2 rings (SSSR count). The Balaban J connectivity index is 1.80. The molecule has 0 saturated heterocycles. The molecule has 0 bridgehead atoms. The Labute approximate surface area is 118 Å². The Morgan fingerprint density at radius 3 is 2.60 bits per heavy atom. The van der Waals surface area contributed by atoms with Crippen molar-refractivity contribution in [1.29, 1.82) is 0 Å². The van der Waals surface area contributed by atoms with Gasteiger partial charge in [0.05, 0.1) is 13.0 Å². The second kappa shape index (κ2) is 6.54. The van der Waals surface area contributed by atoms with Gasteiger partial charge in [-0.25, -0.2) is 0 Å². The zero-order chi connectivity index (χ0) is 14.5. The number of nitrogens with zero attached hydrogens (tertiary/aromatic N) is 2. The van der Waals surface area contributed by atoms with Crippen molar-refractivity contribution in [2.75, 3.05) is 7.11 Å².